The molecule has 0 bridgehead atoms. The van der Waals surface area contributed by atoms with Crippen molar-refractivity contribution in [1.82, 2.24) is 24.4 Å². The van der Waals surface area contributed by atoms with Crippen molar-refractivity contribution in [2.24, 2.45) is 0 Å². The maximum absolute atomic E-state index is 10.3. The molecule has 37 heavy (non-hydrogen) atoms. The number of anilines is 1. The molecular weight excluding hydrogens is 531 g/mol. The Labute approximate surface area is 223 Å². The lowest BCUT2D eigenvalue weighted by Gasteiger charge is -2.34. The monoisotopic (exact) mass is 560 g/mol. The number of halogens is 2. The summed E-state index contributed by atoms with van der Waals surface area (Å²) in [6.45, 7) is 7.95. The van der Waals surface area contributed by atoms with Crippen molar-refractivity contribution in [1.29, 1.82) is 0 Å². The van der Waals surface area contributed by atoms with Crippen LogP contribution >= 0.6 is 23.2 Å². The molecule has 0 saturated carbocycles. The van der Waals surface area contributed by atoms with Gasteiger partial charge >= 0.3 is 17.9 Å². The van der Waals surface area contributed by atoms with Crippen LogP contribution in [0.4, 0.5) is 5.95 Å². The number of nitrogens with zero attached hydrogens (tertiary/aromatic N) is 6. The van der Waals surface area contributed by atoms with Gasteiger partial charge in [0, 0.05) is 45.1 Å². The first-order valence-corrected chi connectivity index (χ1v) is 12.2. The molecule has 1 aliphatic rings. The molecule has 3 heterocycles. The number of aliphatic hydroxyl groups is 1. The maximum Gasteiger partial charge on any atom is 0.336 e. The largest absolute Gasteiger partial charge is 0.481 e. The molecule has 4 N–H and O–H groups in total. The topological polar surface area (TPSA) is 182 Å². The van der Waals surface area contributed by atoms with Crippen LogP contribution < -0.4 is 4.90 Å². The number of aromatic nitrogens is 4. The van der Waals surface area contributed by atoms with E-state index in [-0.39, 0.29) is 0 Å². The highest BCUT2D eigenvalue weighted by molar-refractivity contribution is 6.40. The van der Waals surface area contributed by atoms with E-state index in [0.29, 0.717) is 10.3 Å². The fraction of sp³-hybridized carbons (Fsp3) is 0.545. The van der Waals surface area contributed by atoms with E-state index in [0.717, 1.165) is 63.9 Å². The van der Waals surface area contributed by atoms with E-state index >= 15 is 0 Å². The molecule has 1 saturated heterocycles. The SMILES string of the molecule is Cc1nc(Cl)c(Cl)n1CCCCN1CCN(c2ncccn2)CC1.O=C(O)CC(O)(CC(=O)O)C(=O)O. The molecule has 0 aliphatic carbocycles. The fourth-order valence-electron chi connectivity index (χ4n) is 3.71. The maximum atomic E-state index is 10.3. The average Bonchev–Trinajstić information content (AvgIpc) is 3.07. The third kappa shape index (κ3) is 9.43. The fourth-order valence-corrected chi connectivity index (χ4v) is 4.18. The Bertz CT molecular complexity index is 1050. The second-order valence-corrected chi connectivity index (χ2v) is 9.17. The molecule has 2 aromatic rings. The van der Waals surface area contributed by atoms with Crippen LogP contribution in [0.1, 0.15) is 31.5 Å². The predicted octanol–water partition coefficient (Wildman–Crippen LogP) is 1.64. The lowest BCUT2D eigenvalue weighted by molar-refractivity contribution is -0.170. The summed E-state index contributed by atoms with van der Waals surface area (Å²) in [7, 11) is 0. The van der Waals surface area contributed by atoms with E-state index in [1.54, 1.807) is 12.4 Å². The normalized spacial score (nSPS) is 14.1. The summed E-state index contributed by atoms with van der Waals surface area (Å²) in [4.78, 5) is 48.0. The van der Waals surface area contributed by atoms with Crippen molar-refractivity contribution >= 4 is 47.1 Å². The summed E-state index contributed by atoms with van der Waals surface area (Å²) in [5.74, 6) is -3.31. The van der Waals surface area contributed by atoms with Gasteiger partial charge in [0.2, 0.25) is 5.95 Å². The number of carboxylic acids is 3. The molecule has 0 radical (unpaired) electrons. The van der Waals surface area contributed by atoms with Gasteiger partial charge in [0.05, 0.1) is 12.8 Å². The summed E-state index contributed by atoms with van der Waals surface area (Å²) in [6.07, 6.45) is 3.50. The van der Waals surface area contributed by atoms with Crippen LogP contribution in [0, 0.1) is 6.92 Å². The first kappa shape index (κ1) is 30.2. The summed E-state index contributed by atoms with van der Waals surface area (Å²) in [5.41, 5.74) is -2.74. The number of carboxylic acid groups (broad SMARTS) is 3. The van der Waals surface area contributed by atoms with Crippen LogP contribution in [0.2, 0.25) is 10.3 Å². The molecule has 2 aromatic heterocycles. The molecule has 0 unspecified atom stereocenters. The highest BCUT2D eigenvalue weighted by Gasteiger charge is 2.40. The molecule has 3 rings (SSSR count). The van der Waals surface area contributed by atoms with Crippen molar-refractivity contribution in [2.75, 3.05) is 37.6 Å². The van der Waals surface area contributed by atoms with Gasteiger partial charge in [0.25, 0.3) is 0 Å². The first-order chi connectivity index (χ1) is 17.4. The zero-order chi connectivity index (χ0) is 27.6. The second kappa shape index (κ2) is 14.1. The molecule has 0 aromatic carbocycles. The molecule has 1 aliphatic heterocycles. The van der Waals surface area contributed by atoms with Crippen molar-refractivity contribution in [3.8, 4) is 0 Å². The number of hydrogen-bond donors (Lipinski definition) is 4. The standard InChI is InChI=1S/C16H22Cl2N6.C6H8O7/c1-13-21-14(17)15(18)24(13)8-3-2-7-22-9-11-23(12-10-22)16-19-5-4-6-20-16;7-3(8)1-6(13,5(11)12)2-4(9)10/h4-6H,2-3,7-12H2,1H3;13H,1-2H2,(H,7,8)(H,9,10)(H,11,12). The van der Waals surface area contributed by atoms with Crippen LogP contribution in [0.3, 0.4) is 0 Å². The summed E-state index contributed by atoms with van der Waals surface area (Å²) in [5, 5.41) is 34.8. The van der Waals surface area contributed by atoms with Crippen LogP contribution in [0.5, 0.6) is 0 Å². The molecule has 204 valence electrons. The van der Waals surface area contributed by atoms with Crippen LogP contribution in [0.25, 0.3) is 0 Å². The minimum Gasteiger partial charge on any atom is -0.481 e. The van der Waals surface area contributed by atoms with Gasteiger partial charge in [0.1, 0.15) is 11.0 Å². The highest BCUT2D eigenvalue weighted by Crippen LogP contribution is 2.23. The average molecular weight is 561 g/mol. The third-order valence-electron chi connectivity index (χ3n) is 5.66. The zero-order valence-corrected chi connectivity index (χ0v) is 21.8. The number of unbranched alkanes of at least 4 members (excludes halogenated alkanes) is 1. The molecule has 0 amide bonds. The minimum absolute atomic E-state index is 0.397. The summed E-state index contributed by atoms with van der Waals surface area (Å²) < 4.78 is 1.98. The van der Waals surface area contributed by atoms with Gasteiger partial charge in [0.15, 0.2) is 10.8 Å². The molecule has 15 heteroatoms. The number of carbonyl (C=O) groups is 3. The van der Waals surface area contributed by atoms with Gasteiger partial charge in [-0.05, 0) is 32.4 Å². The van der Waals surface area contributed by atoms with Gasteiger partial charge in [-0.3, -0.25) is 14.5 Å². The number of rotatable bonds is 11. The number of piperazine rings is 1. The highest BCUT2D eigenvalue weighted by atomic mass is 35.5. The number of hydrogen-bond acceptors (Lipinski definition) is 9. The van der Waals surface area contributed by atoms with Crippen LogP contribution in [0.15, 0.2) is 18.5 Å². The Balaban J connectivity index is 0.000000317. The third-order valence-corrected chi connectivity index (χ3v) is 6.40. The van der Waals surface area contributed by atoms with Gasteiger partial charge in [-0.25, -0.2) is 19.7 Å². The van der Waals surface area contributed by atoms with Crippen molar-refractivity contribution in [2.45, 2.75) is 44.8 Å². The van der Waals surface area contributed by atoms with Gasteiger partial charge in [-0.1, -0.05) is 23.2 Å². The lowest BCUT2D eigenvalue weighted by Crippen LogP contribution is -2.47. The Kier molecular flexibility index (Phi) is 11.5. The van der Waals surface area contributed by atoms with Crippen molar-refractivity contribution in [3.63, 3.8) is 0 Å². The van der Waals surface area contributed by atoms with E-state index in [4.69, 9.17) is 43.6 Å². The predicted molar refractivity (Wildman–Crippen MR) is 134 cm³/mol. The Hall–Kier alpha value is -3.00. The second-order valence-electron chi connectivity index (χ2n) is 8.45. The van der Waals surface area contributed by atoms with E-state index in [2.05, 4.69) is 24.8 Å². The molecule has 13 nitrogen and oxygen atoms in total. The van der Waals surface area contributed by atoms with Gasteiger partial charge in [-0.15, -0.1) is 0 Å². The van der Waals surface area contributed by atoms with Crippen LogP contribution in [-0.4, -0.2) is 101 Å². The van der Waals surface area contributed by atoms with Gasteiger partial charge < -0.3 is 29.9 Å². The van der Waals surface area contributed by atoms with Crippen molar-refractivity contribution < 1.29 is 34.8 Å². The molecule has 1 fully saturated rings. The zero-order valence-electron chi connectivity index (χ0n) is 20.3. The number of imidazole rings is 1. The smallest absolute Gasteiger partial charge is 0.336 e. The van der Waals surface area contributed by atoms with E-state index in [9.17, 15) is 14.4 Å². The Morgan fingerprint density at radius 2 is 1.49 bits per heavy atom. The number of aryl methyl sites for hydroxylation is 1. The minimum atomic E-state index is -2.74. The Morgan fingerprint density at radius 3 is 1.95 bits per heavy atom. The van der Waals surface area contributed by atoms with E-state index in [1.807, 2.05) is 17.6 Å². The van der Waals surface area contributed by atoms with E-state index in [1.165, 1.54) is 0 Å². The molecule has 0 atom stereocenters. The van der Waals surface area contributed by atoms with E-state index < -0.39 is 36.4 Å². The number of aliphatic carboxylic acids is 3. The quantitative estimate of drug-likeness (QED) is 0.292. The summed E-state index contributed by atoms with van der Waals surface area (Å²) >= 11 is 12.1. The molecule has 0 spiro atoms. The molecular formula is C22H30Cl2N6O7. The van der Waals surface area contributed by atoms with Gasteiger partial charge in [-0.2, -0.15) is 0 Å². The first-order valence-electron chi connectivity index (χ1n) is 11.4. The summed E-state index contributed by atoms with van der Waals surface area (Å²) in [6, 6.07) is 1.85. The van der Waals surface area contributed by atoms with Crippen LogP contribution in [-0.2, 0) is 20.9 Å². The van der Waals surface area contributed by atoms with Crippen molar-refractivity contribution in [3.05, 3.63) is 34.6 Å². The lowest BCUT2D eigenvalue weighted by atomic mass is 9.96. The Morgan fingerprint density at radius 1 is 0.946 bits per heavy atom.